The molecule has 19 heavy (non-hydrogen) atoms. The minimum Gasteiger partial charge on any atom is -0.376 e. The Morgan fingerprint density at radius 2 is 2.37 bits per heavy atom. The largest absolute Gasteiger partial charge is 0.376 e. The molecule has 3 nitrogen and oxygen atoms in total. The molecule has 2 aromatic rings. The number of aromatic nitrogens is 2. The SMILES string of the molecule is Cc1ccc2nc(CCCl)n(CC3CCCO3)c2c1. The molecule has 1 unspecified atom stereocenters. The van der Waals surface area contributed by atoms with E-state index in [4.69, 9.17) is 21.3 Å². The second kappa shape index (κ2) is 5.51. The Bertz CT molecular complexity index is 573. The average Bonchev–Trinajstić information content (AvgIpc) is 3.00. The summed E-state index contributed by atoms with van der Waals surface area (Å²) < 4.78 is 8.05. The molecular formula is C15H19ClN2O. The predicted octanol–water partition coefficient (Wildman–Crippen LogP) is 3.31. The van der Waals surface area contributed by atoms with E-state index >= 15 is 0 Å². The first-order valence-corrected chi connectivity index (χ1v) is 7.44. The summed E-state index contributed by atoms with van der Waals surface area (Å²) in [6, 6.07) is 6.40. The lowest BCUT2D eigenvalue weighted by Gasteiger charge is -2.14. The van der Waals surface area contributed by atoms with E-state index in [0.717, 1.165) is 37.3 Å². The van der Waals surface area contributed by atoms with Crippen molar-refractivity contribution in [1.29, 1.82) is 0 Å². The molecule has 1 fully saturated rings. The summed E-state index contributed by atoms with van der Waals surface area (Å²) in [6.45, 7) is 3.90. The summed E-state index contributed by atoms with van der Waals surface area (Å²) in [7, 11) is 0. The number of hydrogen-bond donors (Lipinski definition) is 0. The topological polar surface area (TPSA) is 27.1 Å². The quantitative estimate of drug-likeness (QED) is 0.803. The Kier molecular flexibility index (Phi) is 3.76. The van der Waals surface area contributed by atoms with Gasteiger partial charge in [-0.25, -0.2) is 4.98 Å². The number of rotatable bonds is 4. The van der Waals surface area contributed by atoms with Gasteiger partial charge in [0.05, 0.1) is 23.7 Å². The van der Waals surface area contributed by atoms with Crippen LogP contribution in [-0.2, 0) is 17.7 Å². The van der Waals surface area contributed by atoms with Crippen molar-refractivity contribution < 1.29 is 4.74 Å². The molecule has 3 rings (SSSR count). The molecule has 1 aliphatic heterocycles. The number of aryl methyl sites for hydroxylation is 2. The molecule has 1 aromatic heterocycles. The molecule has 102 valence electrons. The Labute approximate surface area is 118 Å². The van der Waals surface area contributed by atoms with Gasteiger partial charge in [0.2, 0.25) is 0 Å². The number of hydrogen-bond acceptors (Lipinski definition) is 2. The number of nitrogens with zero attached hydrogens (tertiary/aromatic N) is 2. The summed E-state index contributed by atoms with van der Waals surface area (Å²) in [5, 5.41) is 0. The first-order valence-electron chi connectivity index (χ1n) is 6.91. The van der Waals surface area contributed by atoms with Crippen molar-refractivity contribution in [2.24, 2.45) is 0 Å². The fraction of sp³-hybridized carbons (Fsp3) is 0.533. The first-order chi connectivity index (χ1) is 9.28. The molecule has 4 heteroatoms. The van der Waals surface area contributed by atoms with Gasteiger partial charge >= 0.3 is 0 Å². The smallest absolute Gasteiger partial charge is 0.111 e. The highest BCUT2D eigenvalue weighted by atomic mass is 35.5. The highest BCUT2D eigenvalue weighted by molar-refractivity contribution is 6.17. The third kappa shape index (κ3) is 2.63. The Balaban J connectivity index is 2.01. The number of benzene rings is 1. The minimum absolute atomic E-state index is 0.326. The molecule has 2 heterocycles. The fourth-order valence-corrected chi connectivity index (χ4v) is 2.92. The maximum absolute atomic E-state index is 5.90. The molecule has 0 N–H and O–H groups in total. The third-order valence-electron chi connectivity index (χ3n) is 3.71. The van der Waals surface area contributed by atoms with Crippen molar-refractivity contribution in [2.45, 2.75) is 38.8 Å². The van der Waals surface area contributed by atoms with Gasteiger partial charge in [-0.1, -0.05) is 6.07 Å². The third-order valence-corrected chi connectivity index (χ3v) is 3.90. The second-order valence-electron chi connectivity index (χ2n) is 5.20. The molecule has 0 saturated carbocycles. The van der Waals surface area contributed by atoms with Gasteiger partial charge in [-0.3, -0.25) is 0 Å². The summed E-state index contributed by atoms with van der Waals surface area (Å²) in [6.07, 6.45) is 3.45. The summed E-state index contributed by atoms with van der Waals surface area (Å²) in [5.74, 6) is 1.68. The number of fused-ring (bicyclic) bond motifs is 1. The fourth-order valence-electron chi connectivity index (χ4n) is 2.75. The average molecular weight is 279 g/mol. The maximum Gasteiger partial charge on any atom is 0.111 e. The zero-order valence-corrected chi connectivity index (χ0v) is 12.0. The number of imidazole rings is 1. The van der Waals surface area contributed by atoms with Crippen LogP contribution in [0.4, 0.5) is 0 Å². The van der Waals surface area contributed by atoms with Crippen LogP contribution < -0.4 is 0 Å². The van der Waals surface area contributed by atoms with Gasteiger partial charge in [-0.05, 0) is 37.5 Å². The van der Waals surface area contributed by atoms with Crippen LogP contribution in [0.1, 0.15) is 24.2 Å². The summed E-state index contributed by atoms with van der Waals surface area (Å²) >= 11 is 5.90. The van der Waals surface area contributed by atoms with Gasteiger partial charge in [0.15, 0.2) is 0 Å². The van der Waals surface area contributed by atoms with E-state index in [2.05, 4.69) is 29.7 Å². The number of ether oxygens (including phenoxy) is 1. The highest BCUT2D eigenvalue weighted by Gasteiger charge is 2.19. The Morgan fingerprint density at radius 3 is 3.11 bits per heavy atom. The van der Waals surface area contributed by atoms with Gasteiger partial charge in [0, 0.05) is 18.9 Å². The van der Waals surface area contributed by atoms with Crippen molar-refractivity contribution in [1.82, 2.24) is 9.55 Å². The van der Waals surface area contributed by atoms with Crippen LogP contribution in [0, 0.1) is 6.92 Å². The molecule has 0 spiro atoms. The van der Waals surface area contributed by atoms with E-state index in [1.807, 2.05) is 0 Å². The van der Waals surface area contributed by atoms with Crippen LogP contribution in [0.3, 0.4) is 0 Å². The maximum atomic E-state index is 5.90. The lowest BCUT2D eigenvalue weighted by Crippen LogP contribution is -2.17. The second-order valence-corrected chi connectivity index (χ2v) is 5.58. The van der Waals surface area contributed by atoms with Crippen molar-refractivity contribution in [3.05, 3.63) is 29.6 Å². The highest BCUT2D eigenvalue weighted by Crippen LogP contribution is 2.22. The van der Waals surface area contributed by atoms with Gasteiger partial charge in [-0.2, -0.15) is 0 Å². The van der Waals surface area contributed by atoms with Crippen molar-refractivity contribution in [3.8, 4) is 0 Å². The van der Waals surface area contributed by atoms with Crippen LogP contribution in [0.25, 0.3) is 11.0 Å². The predicted molar refractivity (Wildman–Crippen MR) is 77.9 cm³/mol. The molecule has 1 atom stereocenters. The van der Waals surface area contributed by atoms with E-state index in [1.54, 1.807) is 0 Å². The molecule has 0 radical (unpaired) electrons. The van der Waals surface area contributed by atoms with Crippen LogP contribution in [-0.4, -0.2) is 28.1 Å². The first kappa shape index (κ1) is 12.9. The van der Waals surface area contributed by atoms with Crippen molar-refractivity contribution in [2.75, 3.05) is 12.5 Å². The van der Waals surface area contributed by atoms with Crippen LogP contribution in [0.2, 0.25) is 0 Å². The molecule has 1 aliphatic rings. The Morgan fingerprint density at radius 1 is 1.47 bits per heavy atom. The van der Waals surface area contributed by atoms with Crippen molar-refractivity contribution in [3.63, 3.8) is 0 Å². The lowest BCUT2D eigenvalue weighted by molar-refractivity contribution is 0.0972. The number of halogens is 1. The van der Waals surface area contributed by atoms with E-state index in [1.165, 1.54) is 17.5 Å². The summed E-state index contributed by atoms with van der Waals surface area (Å²) in [4.78, 5) is 4.71. The molecule has 0 amide bonds. The number of alkyl halides is 1. The van der Waals surface area contributed by atoms with Gasteiger partial charge in [0.1, 0.15) is 5.82 Å². The molecular weight excluding hydrogens is 260 g/mol. The zero-order chi connectivity index (χ0) is 13.2. The Hall–Kier alpha value is -1.06. The van der Waals surface area contributed by atoms with E-state index in [9.17, 15) is 0 Å². The molecule has 0 aliphatic carbocycles. The standard InChI is InChI=1S/C15H19ClN2O/c1-11-4-5-13-14(9-11)18(15(17-13)6-7-16)10-12-3-2-8-19-12/h4-5,9,12H,2-3,6-8,10H2,1H3. The van der Waals surface area contributed by atoms with Gasteiger partial charge in [-0.15, -0.1) is 11.6 Å². The lowest BCUT2D eigenvalue weighted by atomic mass is 10.2. The van der Waals surface area contributed by atoms with Crippen molar-refractivity contribution >= 4 is 22.6 Å². The normalized spacial score (nSPS) is 19.4. The molecule has 0 bridgehead atoms. The van der Waals surface area contributed by atoms with E-state index < -0.39 is 0 Å². The van der Waals surface area contributed by atoms with Gasteiger partial charge in [0.25, 0.3) is 0 Å². The summed E-state index contributed by atoms with van der Waals surface area (Å²) in [5.41, 5.74) is 3.53. The van der Waals surface area contributed by atoms with E-state index in [-0.39, 0.29) is 0 Å². The monoisotopic (exact) mass is 278 g/mol. The molecule has 1 saturated heterocycles. The zero-order valence-electron chi connectivity index (χ0n) is 11.2. The van der Waals surface area contributed by atoms with E-state index in [0.29, 0.717) is 12.0 Å². The minimum atomic E-state index is 0.326. The van der Waals surface area contributed by atoms with Crippen LogP contribution in [0.15, 0.2) is 18.2 Å². The van der Waals surface area contributed by atoms with Crippen LogP contribution >= 0.6 is 11.6 Å². The van der Waals surface area contributed by atoms with Crippen LogP contribution in [0.5, 0.6) is 0 Å². The molecule has 1 aromatic carbocycles. The van der Waals surface area contributed by atoms with Gasteiger partial charge < -0.3 is 9.30 Å².